The summed E-state index contributed by atoms with van der Waals surface area (Å²) in [6.07, 6.45) is 4.61. The molecular formula is C22H20O2. The first-order chi connectivity index (χ1) is 11.6. The Morgan fingerprint density at radius 1 is 0.917 bits per heavy atom. The Labute approximate surface area is 142 Å². The Hall–Kier alpha value is -2.74. The Bertz CT molecular complexity index is 826. The summed E-state index contributed by atoms with van der Waals surface area (Å²) in [7, 11) is 0. The third kappa shape index (κ3) is 2.76. The van der Waals surface area contributed by atoms with Crippen LogP contribution in [0, 0.1) is 0 Å². The van der Waals surface area contributed by atoms with E-state index in [9.17, 15) is 9.59 Å². The normalized spacial score (nSPS) is 20.5. The molecule has 2 aromatic carbocycles. The molecule has 120 valence electrons. The third-order valence-electron chi connectivity index (χ3n) is 4.92. The minimum atomic E-state index is -0.278. The molecule has 0 aromatic heterocycles. The van der Waals surface area contributed by atoms with Crippen LogP contribution >= 0.6 is 0 Å². The highest BCUT2D eigenvalue weighted by Gasteiger charge is 2.35. The average Bonchev–Trinajstić information content (AvgIpc) is 2.64. The van der Waals surface area contributed by atoms with E-state index < -0.39 is 0 Å². The lowest BCUT2D eigenvalue weighted by Gasteiger charge is -2.37. The zero-order valence-electron chi connectivity index (χ0n) is 14.0. The maximum atomic E-state index is 11.5. The van der Waals surface area contributed by atoms with Gasteiger partial charge in [0.15, 0.2) is 0 Å². The van der Waals surface area contributed by atoms with Crippen molar-refractivity contribution in [3.63, 3.8) is 0 Å². The molecule has 0 amide bonds. The number of rotatable bonds is 4. The molecule has 0 fully saturated rings. The minimum Gasteiger partial charge on any atom is -0.298 e. The van der Waals surface area contributed by atoms with Gasteiger partial charge in [0.2, 0.25) is 0 Å². The molecule has 1 unspecified atom stereocenters. The largest absolute Gasteiger partial charge is 0.298 e. The molecule has 0 spiro atoms. The lowest BCUT2D eigenvalue weighted by molar-refractivity contribution is -0.105. The summed E-state index contributed by atoms with van der Waals surface area (Å²) in [5.74, 6) is 0. The molecule has 1 aliphatic rings. The van der Waals surface area contributed by atoms with E-state index >= 15 is 0 Å². The van der Waals surface area contributed by atoms with Crippen LogP contribution in [0.3, 0.4) is 0 Å². The highest BCUT2D eigenvalue weighted by Crippen LogP contribution is 2.46. The topological polar surface area (TPSA) is 34.1 Å². The lowest BCUT2D eigenvalue weighted by Crippen LogP contribution is -2.28. The fourth-order valence-corrected chi connectivity index (χ4v) is 3.43. The minimum absolute atomic E-state index is 0.278. The van der Waals surface area contributed by atoms with Gasteiger partial charge >= 0.3 is 0 Å². The van der Waals surface area contributed by atoms with Gasteiger partial charge in [-0.3, -0.25) is 9.59 Å². The Morgan fingerprint density at radius 3 is 2.17 bits per heavy atom. The van der Waals surface area contributed by atoms with E-state index in [2.05, 4.69) is 25.1 Å². The summed E-state index contributed by atoms with van der Waals surface area (Å²) < 4.78 is 0. The molecule has 2 heteroatoms. The van der Waals surface area contributed by atoms with Crippen LogP contribution in [-0.2, 0) is 10.2 Å². The van der Waals surface area contributed by atoms with E-state index in [0.29, 0.717) is 12.0 Å². The van der Waals surface area contributed by atoms with Crippen molar-refractivity contribution < 1.29 is 9.59 Å². The highest BCUT2D eigenvalue weighted by atomic mass is 16.1. The van der Waals surface area contributed by atoms with E-state index in [1.54, 1.807) is 0 Å². The molecular weight excluding hydrogens is 296 g/mol. The Balaban J connectivity index is 2.18. The van der Waals surface area contributed by atoms with Crippen molar-refractivity contribution in [3.05, 3.63) is 88.5 Å². The predicted octanol–water partition coefficient (Wildman–Crippen LogP) is 4.76. The molecule has 0 saturated heterocycles. The zero-order chi connectivity index (χ0) is 17.2. The third-order valence-corrected chi connectivity index (χ3v) is 4.92. The lowest BCUT2D eigenvalue weighted by atomic mass is 9.66. The van der Waals surface area contributed by atoms with Crippen LogP contribution < -0.4 is 0 Å². The molecule has 1 aliphatic carbocycles. The molecule has 0 aliphatic heterocycles. The summed E-state index contributed by atoms with van der Waals surface area (Å²) in [4.78, 5) is 22.4. The van der Waals surface area contributed by atoms with Gasteiger partial charge in [-0.2, -0.15) is 0 Å². The average molecular weight is 316 g/mol. The summed E-state index contributed by atoms with van der Waals surface area (Å²) in [5, 5.41) is 0. The summed E-state index contributed by atoms with van der Waals surface area (Å²) in [6, 6.07) is 17.9. The van der Waals surface area contributed by atoms with E-state index in [1.807, 2.05) is 49.4 Å². The van der Waals surface area contributed by atoms with Gasteiger partial charge in [0.05, 0.1) is 0 Å². The summed E-state index contributed by atoms with van der Waals surface area (Å²) >= 11 is 0. The van der Waals surface area contributed by atoms with Gasteiger partial charge in [0, 0.05) is 11.0 Å². The van der Waals surface area contributed by atoms with Gasteiger partial charge < -0.3 is 0 Å². The summed E-state index contributed by atoms with van der Waals surface area (Å²) in [6.45, 7) is 4.16. The van der Waals surface area contributed by atoms with Crippen LogP contribution in [0.4, 0.5) is 0 Å². The van der Waals surface area contributed by atoms with Crippen molar-refractivity contribution in [2.75, 3.05) is 0 Å². The maximum Gasteiger partial charge on any atom is 0.150 e. The van der Waals surface area contributed by atoms with Gasteiger partial charge in [-0.15, -0.1) is 0 Å². The van der Waals surface area contributed by atoms with Crippen molar-refractivity contribution in [2.24, 2.45) is 0 Å². The van der Waals surface area contributed by atoms with Crippen molar-refractivity contribution >= 4 is 18.1 Å². The Kier molecular flexibility index (Phi) is 4.30. The molecule has 2 nitrogen and oxygen atoms in total. The SMILES string of the molecule is CC1=C(C=O)CC(C)(c2ccccc2)C(c2ccc(C=O)cc2)=C1. The van der Waals surface area contributed by atoms with Crippen molar-refractivity contribution in [3.8, 4) is 0 Å². The predicted molar refractivity (Wildman–Crippen MR) is 97.0 cm³/mol. The van der Waals surface area contributed by atoms with Crippen molar-refractivity contribution in [2.45, 2.75) is 25.7 Å². The molecule has 0 radical (unpaired) electrons. The number of hydrogen-bond donors (Lipinski definition) is 0. The molecule has 1 atom stereocenters. The van der Waals surface area contributed by atoms with Crippen LogP contribution in [0.5, 0.6) is 0 Å². The molecule has 24 heavy (non-hydrogen) atoms. The Morgan fingerprint density at radius 2 is 1.58 bits per heavy atom. The summed E-state index contributed by atoms with van der Waals surface area (Å²) in [5.41, 5.74) is 5.67. The number of allylic oxidation sites excluding steroid dienone is 4. The molecule has 0 bridgehead atoms. The van der Waals surface area contributed by atoms with E-state index in [4.69, 9.17) is 0 Å². The fourth-order valence-electron chi connectivity index (χ4n) is 3.43. The second kappa shape index (κ2) is 6.40. The smallest absolute Gasteiger partial charge is 0.150 e. The number of aldehydes is 2. The quantitative estimate of drug-likeness (QED) is 0.762. The number of hydrogen-bond acceptors (Lipinski definition) is 2. The van der Waals surface area contributed by atoms with Gasteiger partial charge in [0.25, 0.3) is 0 Å². The first kappa shape index (κ1) is 16.1. The van der Waals surface area contributed by atoms with E-state index in [-0.39, 0.29) is 5.41 Å². The van der Waals surface area contributed by atoms with Crippen LogP contribution in [0.2, 0.25) is 0 Å². The number of benzene rings is 2. The highest BCUT2D eigenvalue weighted by molar-refractivity contribution is 5.86. The van der Waals surface area contributed by atoms with Crippen molar-refractivity contribution in [1.82, 2.24) is 0 Å². The van der Waals surface area contributed by atoms with Crippen LogP contribution in [0.25, 0.3) is 5.57 Å². The first-order valence-corrected chi connectivity index (χ1v) is 8.07. The fraction of sp³-hybridized carbons (Fsp3) is 0.182. The van der Waals surface area contributed by atoms with Crippen LogP contribution in [0.1, 0.15) is 41.8 Å². The van der Waals surface area contributed by atoms with Crippen molar-refractivity contribution in [1.29, 1.82) is 0 Å². The van der Waals surface area contributed by atoms with Gasteiger partial charge in [0.1, 0.15) is 12.6 Å². The number of carbonyl (C=O) groups is 2. The van der Waals surface area contributed by atoms with E-state index in [0.717, 1.165) is 29.3 Å². The second-order valence-electron chi connectivity index (χ2n) is 6.50. The zero-order valence-corrected chi connectivity index (χ0v) is 14.0. The van der Waals surface area contributed by atoms with Gasteiger partial charge in [-0.05, 0) is 41.2 Å². The monoisotopic (exact) mass is 316 g/mol. The molecule has 2 aromatic rings. The maximum absolute atomic E-state index is 11.5. The van der Waals surface area contributed by atoms with E-state index in [1.165, 1.54) is 11.1 Å². The molecule has 0 saturated carbocycles. The second-order valence-corrected chi connectivity index (χ2v) is 6.50. The number of carbonyl (C=O) groups excluding carboxylic acids is 2. The standard InChI is InChI=1S/C22H20O2/c1-16-12-21(18-10-8-17(14-23)9-11-18)22(2,13-19(16)15-24)20-6-4-3-5-7-20/h3-12,14-15H,13H2,1-2H3. The first-order valence-electron chi connectivity index (χ1n) is 8.07. The molecule has 3 rings (SSSR count). The molecule has 0 N–H and O–H groups in total. The van der Waals surface area contributed by atoms with Crippen LogP contribution in [0.15, 0.2) is 71.8 Å². The molecule has 0 heterocycles. The van der Waals surface area contributed by atoms with Crippen LogP contribution in [-0.4, -0.2) is 12.6 Å². The van der Waals surface area contributed by atoms with Gasteiger partial charge in [-0.25, -0.2) is 0 Å². The van der Waals surface area contributed by atoms with Gasteiger partial charge in [-0.1, -0.05) is 67.6 Å².